The van der Waals surface area contributed by atoms with Gasteiger partial charge in [-0.25, -0.2) is 0 Å². The summed E-state index contributed by atoms with van der Waals surface area (Å²) >= 11 is 1.74. The predicted molar refractivity (Wildman–Crippen MR) is 91.5 cm³/mol. The molecule has 0 unspecified atom stereocenters. The van der Waals surface area contributed by atoms with Crippen LogP contribution < -0.4 is 10.6 Å². The van der Waals surface area contributed by atoms with Crippen LogP contribution in [-0.4, -0.2) is 30.3 Å². The third-order valence-electron chi connectivity index (χ3n) is 4.94. The highest BCUT2D eigenvalue weighted by Gasteiger charge is 2.39. The predicted octanol–water partition coefficient (Wildman–Crippen LogP) is 3.18. The molecule has 2 aliphatic heterocycles. The van der Waals surface area contributed by atoms with Gasteiger partial charge in [0, 0.05) is 28.6 Å². The molecule has 1 amide bonds. The summed E-state index contributed by atoms with van der Waals surface area (Å²) in [6.07, 6.45) is 5.59. The minimum Gasteiger partial charge on any atom is -0.348 e. The lowest BCUT2D eigenvalue weighted by Gasteiger charge is -2.21. The molecule has 22 heavy (non-hydrogen) atoms. The Morgan fingerprint density at radius 3 is 2.91 bits per heavy atom. The van der Waals surface area contributed by atoms with Gasteiger partial charge in [0.25, 0.3) is 5.91 Å². The Kier molecular flexibility index (Phi) is 3.59. The highest BCUT2D eigenvalue weighted by atomic mass is 32.2. The summed E-state index contributed by atoms with van der Waals surface area (Å²) < 4.78 is 0. The van der Waals surface area contributed by atoms with Crippen molar-refractivity contribution >= 4 is 28.4 Å². The van der Waals surface area contributed by atoms with Gasteiger partial charge in [-0.05, 0) is 54.5 Å². The average molecular weight is 312 g/mol. The van der Waals surface area contributed by atoms with Gasteiger partial charge in [-0.3, -0.25) is 4.79 Å². The van der Waals surface area contributed by atoms with Crippen LogP contribution in [0.15, 0.2) is 41.3 Å². The molecule has 3 nitrogen and oxygen atoms in total. The Morgan fingerprint density at radius 1 is 1.27 bits per heavy atom. The van der Waals surface area contributed by atoms with Crippen molar-refractivity contribution in [3.63, 3.8) is 0 Å². The van der Waals surface area contributed by atoms with Crippen LogP contribution in [0, 0.1) is 0 Å². The maximum Gasteiger partial charge on any atom is 0.251 e. The van der Waals surface area contributed by atoms with Crippen molar-refractivity contribution in [3.8, 4) is 0 Å². The molecule has 2 heterocycles. The number of hydrogen-bond donors (Lipinski definition) is 2. The largest absolute Gasteiger partial charge is 0.348 e. The molecular formula is C18H20N2OS. The van der Waals surface area contributed by atoms with E-state index in [1.165, 1.54) is 23.1 Å². The van der Waals surface area contributed by atoms with Crippen LogP contribution >= 0.6 is 11.8 Å². The van der Waals surface area contributed by atoms with E-state index >= 15 is 0 Å². The van der Waals surface area contributed by atoms with Crippen LogP contribution in [0.3, 0.4) is 0 Å². The maximum atomic E-state index is 12.5. The molecular weight excluding hydrogens is 292 g/mol. The monoisotopic (exact) mass is 312 g/mol. The Morgan fingerprint density at radius 2 is 2.18 bits per heavy atom. The summed E-state index contributed by atoms with van der Waals surface area (Å²) in [4.78, 5) is 13.8. The first kappa shape index (κ1) is 14.1. The van der Waals surface area contributed by atoms with Crippen molar-refractivity contribution in [2.75, 3.05) is 6.26 Å². The second kappa shape index (κ2) is 5.60. The zero-order valence-electron chi connectivity index (χ0n) is 12.6. The zero-order chi connectivity index (χ0) is 15.1. The molecule has 2 saturated heterocycles. The molecule has 2 aromatic carbocycles. The third kappa shape index (κ3) is 2.40. The number of carbonyl (C=O) groups is 1. The van der Waals surface area contributed by atoms with E-state index < -0.39 is 0 Å². The van der Waals surface area contributed by atoms with Crippen molar-refractivity contribution < 1.29 is 4.79 Å². The fraction of sp³-hybridized carbons (Fsp3) is 0.389. The topological polar surface area (TPSA) is 41.1 Å². The van der Waals surface area contributed by atoms with Crippen LogP contribution in [0.25, 0.3) is 10.8 Å². The Bertz CT molecular complexity index is 730. The lowest BCUT2D eigenvalue weighted by atomic mass is 9.95. The first-order valence-corrected chi connectivity index (χ1v) is 9.11. The quantitative estimate of drug-likeness (QED) is 0.855. The Balaban J connectivity index is 1.57. The van der Waals surface area contributed by atoms with Gasteiger partial charge >= 0.3 is 0 Å². The molecule has 2 aliphatic rings. The standard InChI is InChI=1S/C18H20N2OS/c1-22-17-4-2-3-11-9-12(5-7-14(11)17)18(21)20-16-10-13-6-8-15(16)19-13/h2-5,7,9,13,15-16,19H,6,8,10H2,1H3,(H,20,21)/t13-,15+,16-/m1/s1. The van der Waals surface area contributed by atoms with Crippen LogP contribution in [-0.2, 0) is 0 Å². The molecule has 2 fully saturated rings. The molecule has 114 valence electrons. The fourth-order valence-corrected chi connectivity index (χ4v) is 4.43. The Hall–Kier alpha value is -1.52. The van der Waals surface area contributed by atoms with Gasteiger partial charge < -0.3 is 10.6 Å². The number of amides is 1. The SMILES string of the molecule is CSc1cccc2cc(C(=O)N[C@@H]3C[C@H]4CC[C@@H]3N4)ccc12. The second-order valence-corrected chi connectivity index (χ2v) is 7.11. The zero-order valence-corrected chi connectivity index (χ0v) is 13.5. The first-order chi connectivity index (χ1) is 10.7. The van der Waals surface area contributed by atoms with Crippen LogP contribution in [0.4, 0.5) is 0 Å². The number of thioether (sulfide) groups is 1. The van der Waals surface area contributed by atoms with Gasteiger partial charge in [-0.1, -0.05) is 18.2 Å². The molecule has 0 aromatic heterocycles. The van der Waals surface area contributed by atoms with Gasteiger partial charge in [0.05, 0.1) is 0 Å². The normalized spacial score (nSPS) is 26.5. The van der Waals surface area contributed by atoms with Crippen LogP contribution in [0.1, 0.15) is 29.6 Å². The van der Waals surface area contributed by atoms with Gasteiger partial charge in [0.2, 0.25) is 0 Å². The lowest BCUT2D eigenvalue weighted by molar-refractivity contribution is 0.0931. The van der Waals surface area contributed by atoms with Gasteiger partial charge in [-0.15, -0.1) is 11.8 Å². The van der Waals surface area contributed by atoms with Crippen LogP contribution in [0.5, 0.6) is 0 Å². The smallest absolute Gasteiger partial charge is 0.251 e. The molecule has 4 heteroatoms. The molecule has 2 N–H and O–H groups in total. The molecule has 0 saturated carbocycles. The van der Waals surface area contributed by atoms with Crippen molar-refractivity contribution in [1.29, 1.82) is 0 Å². The van der Waals surface area contributed by atoms with Crippen molar-refractivity contribution in [2.45, 2.75) is 42.3 Å². The van der Waals surface area contributed by atoms with E-state index in [1.807, 2.05) is 12.1 Å². The maximum absolute atomic E-state index is 12.5. The fourth-order valence-electron chi connectivity index (χ4n) is 3.81. The van der Waals surface area contributed by atoms with Crippen molar-refractivity contribution in [3.05, 3.63) is 42.0 Å². The van der Waals surface area contributed by atoms with Gasteiger partial charge in [0.15, 0.2) is 0 Å². The molecule has 0 aliphatic carbocycles. The van der Waals surface area contributed by atoms with E-state index in [-0.39, 0.29) is 5.91 Å². The van der Waals surface area contributed by atoms with Crippen LogP contribution in [0.2, 0.25) is 0 Å². The highest BCUT2D eigenvalue weighted by Crippen LogP contribution is 2.29. The molecule has 0 spiro atoms. The molecule has 3 atom stereocenters. The summed E-state index contributed by atoms with van der Waals surface area (Å²) in [6, 6.07) is 13.6. The minimum absolute atomic E-state index is 0.0517. The Labute approximate surface area is 134 Å². The minimum atomic E-state index is 0.0517. The third-order valence-corrected chi connectivity index (χ3v) is 5.73. The van der Waals surface area contributed by atoms with Crippen molar-refractivity contribution in [2.24, 2.45) is 0 Å². The number of hydrogen-bond acceptors (Lipinski definition) is 3. The molecule has 2 bridgehead atoms. The average Bonchev–Trinajstić information content (AvgIpc) is 3.16. The van der Waals surface area contributed by atoms with E-state index in [4.69, 9.17) is 0 Å². The summed E-state index contributed by atoms with van der Waals surface area (Å²) in [6.45, 7) is 0. The van der Waals surface area contributed by atoms with Gasteiger partial charge in [-0.2, -0.15) is 0 Å². The highest BCUT2D eigenvalue weighted by molar-refractivity contribution is 7.98. The molecule has 0 radical (unpaired) electrons. The number of nitrogens with one attached hydrogen (secondary N) is 2. The summed E-state index contributed by atoms with van der Waals surface area (Å²) in [5, 5.41) is 9.12. The number of rotatable bonds is 3. The van der Waals surface area contributed by atoms with E-state index in [9.17, 15) is 4.79 Å². The molecule has 2 aromatic rings. The van der Waals surface area contributed by atoms with E-state index in [2.05, 4.69) is 41.2 Å². The van der Waals surface area contributed by atoms with E-state index in [0.717, 1.165) is 17.4 Å². The van der Waals surface area contributed by atoms with E-state index in [1.54, 1.807) is 11.8 Å². The lowest BCUT2D eigenvalue weighted by Crippen LogP contribution is -2.42. The number of carbonyl (C=O) groups excluding carboxylic acids is 1. The van der Waals surface area contributed by atoms with Crippen molar-refractivity contribution in [1.82, 2.24) is 10.6 Å². The summed E-state index contributed by atoms with van der Waals surface area (Å²) in [5.74, 6) is 0.0517. The number of fused-ring (bicyclic) bond motifs is 3. The van der Waals surface area contributed by atoms with E-state index in [0.29, 0.717) is 18.1 Å². The first-order valence-electron chi connectivity index (χ1n) is 7.88. The molecule has 4 rings (SSSR count). The number of benzene rings is 2. The second-order valence-electron chi connectivity index (χ2n) is 6.26. The summed E-state index contributed by atoms with van der Waals surface area (Å²) in [7, 11) is 0. The van der Waals surface area contributed by atoms with Gasteiger partial charge in [0.1, 0.15) is 0 Å². The summed E-state index contributed by atoms with van der Waals surface area (Å²) in [5.41, 5.74) is 0.758.